The van der Waals surface area contributed by atoms with Crippen molar-refractivity contribution in [2.45, 2.75) is 103 Å². The minimum atomic E-state index is -3.49. The Balaban J connectivity index is 0.000000216. The molecule has 4 N–H and O–H groups in total. The van der Waals surface area contributed by atoms with E-state index in [1.54, 1.807) is 51.1 Å². The second-order valence-corrected chi connectivity index (χ2v) is 24.6. The summed E-state index contributed by atoms with van der Waals surface area (Å²) in [4.78, 5) is 38.4. The topological polar surface area (TPSA) is 274 Å². The summed E-state index contributed by atoms with van der Waals surface area (Å²) in [6.45, 7) is 32.3. The van der Waals surface area contributed by atoms with Crippen LogP contribution in [0, 0.1) is 44.4 Å². The van der Waals surface area contributed by atoms with Crippen LogP contribution in [0.15, 0.2) is 108 Å². The zero-order valence-corrected chi connectivity index (χ0v) is 53.5. The van der Waals surface area contributed by atoms with Crippen LogP contribution >= 0.6 is 23.2 Å². The van der Waals surface area contributed by atoms with Gasteiger partial charge in [0.2, 0.25) is 23.3 Å². The third-order valence-electron chi connectivity index (χ3n) is 11.1. The number of sulfone groups is 2. The quantitative estimate of drug-likeness (QED) is 0.0548. The molecule has 8 rings (SSSR count). The summed E-state index contributed by atoms with van der Waals surface area (Å²) in [6.07, 6.45) is 6.89. The molecule has 0 unspecified atom stereocenters. The van der Waals surface area contributed by atoms with Crippen LogP contribution in [0.3, 0.4) is 0 Å². The van der Waals surface area contributed by atoms with Gasteiger partial charge in [-0.15, -0.1) is 0 Å². The molecule has 4 aromatic carbocycles. The minimum Gasteiger partial charge on any atom is -0.489 e. The van der Waals surface area contributed by atoms with Crippen molar-refractivity contribution in [3.8, 4) is 29.3 Å². The van der Waals surface area contributed by atoms with Gasteiger partial charge in [-0.1, -0.05) is 35.3 Å². The van der Waals surface area contributed by atoms with Crippen LogP contribution in [0.5, 0.6) is 29.3 Å². The molecule has 23 nitrogen and oxygen atoms in total. The highest BCUT2D eigenvalue weighted by Crippen LogP contribution is 2.36. The van der Waals surface area contributed by atoms with Crippen LogP contribution in [0.2, 0.25) is 10.0 Å². The van der Waals surface area contributed by atoms with E-state index in [0.29, 0.717) is 61.8 Å². The van der Waals surface area contributed by atoms with Crippen LogP contribution in [0.4, 0.5) is 70.6 Å². The Morgan fingerprint density at radius 3 is 1.16 bits per heavy atom. The van der Waals surface area contributed by atoms with Gasteiger partial charge in [-0.2, -0.15) is 14.4 Å². The summed E-state index contributed by atoms with van der Waals surface area (Å²) in [5.41, 5.74) is 3.62. The van der Waals surface area contributed by atoms with Crippen molar-refractivity contribution in [1.29, 1.82) is 0 Å². The predicted octanol–water partition coefficient (Wildman–Crippen LogP) is 14.3. The summed E-state index contributed by atoms with van der Waals surface area (Å²) in [5, 5.41) is 12.3. The van der Waals surface area contributed by atoms with Crippen molar-refractivity contribution >= 4 is 100 Å². The lowest BCUT2D eigenvalue weighted by molar-refractivity contribution is 0.219. The number of hydrogen-bond acceptors (Lipinski definition) is 21. The van der Waals surface area contributed by atoms with Crippen LogP contribution in [0.25, 0.3) is 9.69 Å². The molecule has 0 spiro atoms. The third-order valence-corrected chi connectivity index (χ3v) is 14.0. The molecular weight excluding hydrogens is 1240 g/mol. The minimum absolute atomic E-state index is 0.0352. The molecule has 0 fully saturated rings. The van der Waals surface area contributed by atoms with E-state index in [-0.39, 0.29) is 74.7 Å². The molecule has 0 saturated carbocycles. The Hall–Kier alpha value is -9.35. The van der Waals surface area contributed by atoms with E-state index in [4.69, 9.17) is 60.0 Å². The van der Waals surface area contributed by atoms with E-state index in [1.807, 2.05) is 48.5 Å². The van der Waals surface area contributed by atoms with Gasteiger partial charge in [0.15, 0.2) is 42.7 Å². The molecular formula is C59H63Cl2F3N14O9S2. The second-order valence-electron chi connectivity index (χ2n) is 19.8. The number of rotatable bonds is 19. The van der Waals surface area contributed by atoms with Gasteiger partial charge in [0, 0.05) is 12.5 Å². The largest absolute Gasteiger partial charge is 0.489 e. The number of benzene rings is 4. The number of nitrogens with one attached hydrogen (secondary N) is 4. The Bertz CT molecular complexity index is 3990. The van der Waals surface area contributed by atoms with E-state index in [0.717, 1.165) is 30.2 Å². The van der Waals surface area contributed by atoms with E-state index in [2.05, 4.69) is 70.8 Å². The molecule has 470 valence electrons. The first kappa shape index (κ1) is 70.4. The summed E-state index contributed by atoms with van der Waals surface area (Å²) < 4.78 is 115. The number of halogens is 5. The highest BCUT2D eigenvalue weighted by Gasteiger charge is 2.20. The SMILES string of the molecule is COc1c(Nc2ccc(S(C)(=O)=O)cc2F)ncnc1OC(C)C.Cc1c(Nc2ccc(S(C)(=O)=O)cc2F)ncnc1OC(C)C.[C-]#[N+]c1ccc(Nc2ncnc(OC(C)C)c2C)c(Cl)c1.[C-]#[N+]c1ccc(Nc2ncnc(OC(C)C)c2F)c(Cl)c1. The first-order chi connectivity index (χ1) is 41.9. The zero-order valence-electron chi connectivity index (χ0n) is 50.4. The molecule has 4 heterocycles. The van der Waals surface area contributed by atoms with Crippen LogP contribution in [-0.2, 0) is 19.7 Å². The fourth-order valence-electron chi connectivity index (χ4n) is 7.00. The lowest BCUT2D eigenvalue weighted by Crippen LogP contribution is -2.10. The lowest BCUT2D eigenvalue weighted by Gasteiger charge is -2.15. The van der Waals surface area contributed by atoms with Crippen molar-refractivity contribution in [3.63, 3.8) is 0 Å². The van der Waals surface area contributed by atoms with Crippen LogP contribution in [-0.4, -0.2) is 101 Å². The number of ether oxygens (including phenoxy) is 5. The summed E-state index contributed by atoms with van der Waals surface area (Å²) in [5.74, 6) is 0.320. The van der Waals surface area contributed by atoms with E-state index >= 15 is 0 Å². The Morgan fingerprint density at radius 1 is 0.461 bits per heavy atom. The fraction of sp³-hybridized carbons (Fsp3) is 0.288. The average Bonchev–Trinajstić information content (AvgIpc) is 1.58. The summed E-state index contributed by atoms with van der Waals surface area (Å²) in [7, 11) is -5.53. The number of anilines is 8. The van der Waals surface area contributed by atoms with Gasteiger partial charge in [-0.05, 0) is 130 Å². The predicted molar refractivity (Wildman–Crippen MR) is 335 cm³/mol. The summed E-state index contributed by atoms with van der Waals surface area (Å²) >= 11 is 12.2. The van der Waals surface area contributed by atoms with Crippen molar-refractivity contribution in [3.05, 3.63) is 160 Å². The highest BCUT2D eigenvalue weighted by atomic mass is 35.5. The molecule has 0 aliphatic carbocycles. The molecule has 0 aliphatic heterocycles. The maximum atomic E-state index is 14.2. The average molecular weight is 1300 g/mol. The fourth-order valence-corrected chi connectivity index (χ4v) is 8.71. The first-order valence-electron chi connectivity index (χ1n) is 26.5. The Kier molecular flexibility index (Phi) is 25.4. The highest BCUT2D eigenvalue weighted by molar-refractivity contribution is 7.91. The normalized spacial score (nSPS) is 10.9. The van der Waals surface area contributed by atoms with Gasteiger partial charge in [-0.25, -0.2) is 65.2 Å². The molecule has 0 atom stereocenters. The zero-order chi connectivity index (χ0) is 65.9. The maximum Gasteiger partial charge on any atom is 0.262 e. The maximum absolute atomic E-state index is 14.2. The van der Waals surface area contributed by atoms with Gasteiger partial charge in [0.25, 0.3) is 11.8 Å². The van der Waals surface area contributed by atoms with Crippen molar-refractivity contribution < 1.29 is 53.7 Å². The molecule has 89 heavy (non-hydrogen) atoms. The van der Waals surface area contributed by atoms with Crippen LogP contribution < -0.4 is 45.0 Å². The van der Waals surface area contributed by atoms with Gasteiger partial charge >= 0.3 is 0 Å². The molecule has 0 aliphatic rings. The molecule has 0 radical (unpaired) electrons. The Morgan fingerprint density at radius 2 is 0.787 bits per heavy atom. The van der Waals surface area contributed by atoms with E-state index < -0.39 is 37.1 Å². The molecule has 30 heteroatoms. The first-order valence-corrected chi connectivity index (χ1v) is 31.1. The monoisotopic (exact) mass is 1300 g/mol. The summed E-state index contributed by atoms with van der Waals surface area (Å²) in [6, 6.07) is 16.9. The smallest absolute Gasteiger partial charge is 0.262 e. The standard InChI is InChI=1S/C15H15ClN4O.C15H18FN3O4S.C15H18FN3O3S.C14H12ClFN4O/c1-9(2)21-15-10(3)14(18-8-19-15)20-13-6-5-11(17-4)7-12(13)16;1-9(2)23-15-13(22-3)14(17-8-18-15)19-12-6-5-10(7-11(12)16)24(4,20)21;1-9(2)22-15-10(3)14(17-8-18-15)19-13-6-5-11(7-12(13)16)23(4,20)21;1-8(2)21-14-12(16)13(18-7-19-14)20-11-5-4-9(17-3)6-10(11)15/h5-9H,1-3H3,(H,18,19,20);5-9H,1-4H3,(H,17,18,19);5-9H,1-4H3,(H,17,18,19);4-8H,1-2H3,(H,18,19,20). The van der Waals surface area contributed by atoms with E-state index in [1.165, 1.54) is 62.8 Å². The second kappa shape index (κ2) is 32.0. The molecule has 0 amide bonds. The lowest BCUT2D eigenvalue weighted by atomic mass is 10.2. The van der Waals surface area contributed by atoms with Crippen LogP contribution in [0.1, 0.15) is 66.5 Å². The number of hydrogen-bond donors (Lipinski definition) is 4. The van der Waals surface area contributed by atoms with Crippen molar-refractivity contribution in [1.82, 2.24) is 39.9 Å². The van der Waals surface area contributed by atoms with Crippen molar-refractivity contribution in [2.24, 2.45) is 0 Å². The van der Waals surface area contributed by atoms with Gasteiger partial charge in [0.05, 0.1) is 98.4 Å². The number of methoxy groups -OCH3 is 1. The Labute approximate surface area is 524 Å². The van der Waals surface area contributed by atoms with Gasteiger partial charge in [0.1, 0.15) is 48.6 Å². The van der Waals surface area contributed by atoms with Crippen molar-refractivity contribution in [2.75, 3.05) is 40.9 Å². The molecule has 8 aromatic rings. The number of nitrogens with zero attached hydrogens (tertiary/aromatic N) is 10. The molecule has 0 bridgehead atoms. The van der Waals surface area contributed by atoms with Gasteiger partial charge in [-0.3, -0.25) is 0 Å². The molecule has 0 saturated heterocycles. The van der Waals surface area contributed by atoms with E-state index in [9.17, 15) is 30.0 Å². The molecule has 4 aromatic heterocycles. The van der Waals surface area contributed by atoms with Gasteiger partial charge < -0.3 is 45.0 Å². The third kappa shape index (κ3) is 20.9. The number of aromatic nitrogens is 8.